The minimum atomic E-state index is -0.769. The van der Waals surface area contributed by atoms with E-state index in [1.807, 2.05) is 48.5 Å². The van der Waals surface area contributed by atoms with Crippen LogP contribution in [0.25, 0.3) is 10.9 Å². The summed E-state index contributed by atoms with van der Waals surface area (Å²) in [5.74, 6) is 0.884. The number of nitrogens with one attached hydrogen (secondary N) is 1. The average Bonchev–Trinajstić information content (AvgIpc) is 3.20. The normalized spacial score (nSPS) is 15.5. The van der Waals surface area contributed by atoms with E-state index < -0.39 is 6.10 Å². The summed E-state index contributed by atoms with van der Waals surface area (Å²) < 4.78 is 13.9. The maximum Gasteiger partial charge on any atom is 0.284 e. The molecule has 5 rings (SSSR count). The fraction of sp³-hybridized carbons (Fsp3) is 0.241. The molecule has 35 heavy (non-hydrogen) atoms. The van der Waals surface area contributed by atoms with Crippen molar-refractivity contribution < 1.29 is 14.3 Å². The summed E-state index contributed by atoms with van der Waals surface area (Å²) in [5.41, 5.74) is 6.96. The number of carbonyl (C=O) groups excluding carboxylic acids is 1. The highest BCUT2D eigenvalue weighted by atomic mass is 16.6. The molecule has 0 spiro atoms. The van der Waals surface area contributed by atoms with Crippen molar-refractivity contribution >= 4 is 23.0 Å². The Kier molecular flexibility index (Phi) is 6.03. The number of rotatable bonds is 5. The van der Waals surface area contributed by atoms with Gasteiger partial charge in [-0.3, -0.25) is 4.79 Å². The number of para-hydroxylation sites is 1. The van der Waals surface area contributed by atoms with Crippen molar-refractivity contribution in [3.8, 4) is 11.5 Å². The van der Waals surface area contributed by atoms with Crippen LogP contribution < -0.4 is 14.9 Å². The molecule has 6 nitrogen and oxygen atoms in total. The number of nitrogens with zero attached hydrogens (tertiary/aromatic N) is 2. The zero-order chi connectivity index (χ0) is 24.4. The highest BCUT2D eigenvalue weighted by Gasteiger charge is 2.28. The molecular weight excluding hydrogens is 438 g/mol. The van der Waals surface area contributed by atoms with Crippen LogP contribution in [0.3, 0.4) is 0 Å². The third kappa shape index (κ3) is 4.92. The van der Waals surface area contributed by atoms with Crippen LogP contribution in [0.2, 0.25) is 0 Å². The van der Waals surface area contributed by atoms with E-state index in [2.05, 4.69) is 66.3 Å². The maximum absolute atomic E-state index is 12.8. The number of hydrogen-bond donors (Lipinski definition) is 1. The average molecular weight is 468 g/mol. The lowest BCUT2D eigenvalue weighted by Gasteiger charge is -2.27. The largest absolute Gasteiger partial charge is 0.485 e. The van der Waals surface area contributed by atoms with Crippen molar-refractivity contribution in [1.29, 1.82) is 0 Å². The molecule has 3 aromatic carbocycles. The van der Waals surface area contributed by atoms with Gasteiger partial charge in [0.1, 0.15) is 6.61 Å². The Morgan fingerprint density at radius 3 is 2.63 bits per heavy atom. The Bertz CT molecular complexity index is 1380. The fourth-order valence-electron chi connectivity index (χ4n) is 4.19. The first-order chi connectivity index (χ1) is 16.9. The van der Waals surface area contributed by atoms with E-state index >= 15 is 0 Å². The van der Waals surface area contributed by atoms with Gasteiger partial charge in [0.15, 0.2) is 11.5 Å². The van der Waals surface area contributed by atoms with Crippen LogP contribution in [0.5, 0.6) is 11.5 Å². The first-order valence-corrected chi connectivity index (χ1v) is 11.8. The number of amides is 1. The number of fused-ring (bicyclic) bond motifs is 2. The van der Waals surface area contributed by atoms with Gasteiger partial charge in [-0.15, -0.1) is 0 Å². The van der Waals surface area contributed by atoms with Gasteiger partial charge in [-0.25, -0.2) is 5.43 Å². The first-order valence-electron chi connectivity index (χ1n) is 11.8. The molecule has 0 fully saturated rings. The summed E-state index contributed by atoms with van der Waals surface area (Å²) in [6, 6.07) is 24.4. The lowest BCUT2D eigenvalue weighted by molar-refractivity contribution is -0.130. The summed E-state index contributed by atoms with van der Waals surface area (Å²) in [6.45, 7) is 7.29. The van der Waals surface area contributed by atoms with Crippen molar-refractivity contribution in [1.82, 2.24) is 9.99 Å². The van der Waals surface area contributed by atoms with Crippen LogP contribution in [-0.2, 0) is 16.8 Å². The highest BCUT2D eigenvalue weighted by Crippen LogP contribution is 2.36. The van der Waals surface area contributed by atoms with Crippen LogP contribution in [-0.4, -0.2) is 29.4 Å². The molecule has 1 N–H and O–H groups in total. The molecule has 0 radical (unpaired) electrons. The van der Waals surface area contributed by atoms with Gasteiger partial charge in [0.2, 0.25) is 6.10 Å². The van der Waals surface area contributed by atoms with Crippen LogP contribution in [0.1, 0.15) is 37.5 Å². The number of aromatic nitrogens is 1. The Balaban J connectivity index is 1.29. The molecule has 0 aliphatic carbocycles. The molecule has 4 aromatic rings. The van der Waals surface area contributed by atoms with E-state index in [0.717, 1.165) is 28.6 Å². The number of benzene rings is 3. The lowest BCUT2D eigenvalue weighted by Crippen LogP contribution is -2.42. The number of hydrazone groups is 1. The molecule has 0 saturated carbocycles. The van der Waals surface area contributed by atoms with Gasteiger partial charge < -0.3 is 14.0 Å². The molecule has 0 bridgehead atoms. The summed E-state index contributed by atoms with van der Waals surface area (Å²) in [4.78, 5) is 12.8. The van der Waals surface area contributed by atoms with Gasteiger partial charge in [-0.2, -0.15) is 5.10 Å². The maximum atomic E-state index is 12.8. The molecule has 0 unspecified atom stereocenters. The van der Waals surface area contributed by atoms with Crippen LogP contribution in [0, 0.1) is 0 Å². The molecule has 1 aromatic heterocycles. The third-order valence-electron chi connectivity index (χ3n) is 6.16. The topological polar surface area (TPSA) is 64.8 Å². The van der Waals surface area contributed by atoms with Gasteiger partial charge >= 0.3 is 0 Å². The monoisotopic (exact) mass is 467 g/mol. The molecule has 1 atom stereocenters. The number of carbonyl (C=O) groups is 1. The van der Waals surface area contributed by atoms with Crippen molar-refractivity contribution in [3.05, 3.63) is 95.7 Å². The predicted octanol–water partition coefficient (Wildman–Crippen LogP) is 5.28. The van der Waals surface area contributed by atoms with Crippen LogP contribution in [0.4, 0.5) is 0 Å². The van der Waals surface area contributed by atoms with E-state index in [4.69, 9.17) is 9.47 Å². The van der Waals surface area contributed by atoms with Gasteiger partial charge in [0.05, 0.1) is 6.21 Å². The molecule has 6 heteroatoms. The molecule has 1 aliphatic heterocycles. The molecule has 1 aliphatic rings. The van der Waals surface area contributed by atoms with Gasteiger partial charge in [0, 0.05) is 29.2 Å². The molecule has 1 amide bonds. The van der Waals surface area contributed by atoms with Crippen molar-refractivity contribution in [2.24, 2.45) is 5.10 Å². The van der Waals surface area contributed by atoms with Gasteiger partial charge in [0.25, 0.3) is 5.91 Å². The Labute approximate surface area is 205 Å². The highest BCUT2D eigenvalue weighted by molar-refractivity contribution is 5.99. The Morgan fingerprint density at radius 2 is 1.83 bits per heavy atom. The zero-order valence-corrected chi connectivity index (χ0v) is 20.2. The zero-order valence-electron chi connectivity index (χ0n) is 20.2. The number of ether oxygens (including phenoxy) is 2. The second-order valence-corrected chi connectivity index (χ2v) is 9.78. The molecule has 178 valence electrons. The summed E-state index contributed by atoms with van der Waals surface area (Å²) in [7, 11) is 0. The minimum Gasteiger partial charge on any atom is -0.485 e. The van der Waals surface area contributed by atoms with Crippen LogP contribution >= 0.6 is 0 Å². The van der Waals surface area contributed by atoms with Crippen molar-refractivity contribution in [2.45, 2.75) is 38.8 Å². The Morgan fingerprint density at radius 1 is 1.06 bits per heavy atom. The smallest absolute Gasteiger partial charge is 0.284 e. The van der Waals surface area contributed by atoms with E-state index in [-0.39, 0.29) is 17.9 Å². The molecule has 0 saturated heterocycles. The predicted molar refractivity (Wildman–Crippen MR) is 138 cm³/mol. The lowest BCUT2D eigenvalue weighted by atomic mass is 9.87. The second kappa shape index (κ2) is 9.29. The second-order valence-electron chi connectivity index (χ2n) is 9.78. The summed E-state index contributed by atoms with van der Waals surface area (Å²) in [6.07, 6.45) is 2.96. The Hall–Kier alpha value is -4.06. The quantitative estimate of drug-likeness (QED) is 0.321. The van der Waals surface area contributed by atoms with E-state index in [9.17, 15) is 4.79 Å². The molecule has 2 heterocycles. The van der Waals surface area contributed by atoms with E-state index in [1.54, 1.807) is 6.21 Å². The summed E-state index contributed by atoms with van der Waals surface area (Å²) >= 11 is 0. The SMILES string of the molecule is CC(C)(C)c1ccc2c(c1)O[C@H](C(=O)N/N=C/c1cn(Cc3ccccc3)c3ccccc13)CO2. The first kappa shape index (κ1) is 22.7. The third-order valence-corrected chi connectivity index (χ3v) is 6.16. The van der Waals surface area contributed by atoms with E-state index in [0.29, 0.717) is 11.5 Å². The number of hydrogen-bond acceptors (Lipinski definition) is 4. The van der Waals surface area contributed by atoms with E-state index in [1.165, 1.54) is 5.56 Å². The summed E-state index contributed by atoms with van der Waals surface area (Å²) in [5, 5.41) is 5.30. The van der Waals surface area contributed by atoms with Crippen molar-refractivity contribution in [2.75, 3.05) is 6.61 Å². The minimum absolute atomic E-state index is 0.0302. The van der Waals surface area contributed by atoms with Crippen LogP contribution in [0.15, 0.2) is 84.1 Å². The van der Waals surface area contributed by atoms with Gasteiger partial charge in [-0.05, 0) is 34.7 Å². The fourth-order valence-corrected chi connectivity index (χ4v) is 4.19. The standard InChI is InChI=1S/C29H29N3O3/c1-29(2,3)22-13-14-25-26(15-22)35-27(19-34-25)28(33)31-30-16-21-18-32(17-20-9-5-4-6-10-20)24-12-8-7-11-23(21)24/h4-16,18,27H,17,19H2,1-3H3,(H,31,33)/b30-16+/t27-/m0/s1. The van der Waals surface area contributed by atoms with Crippen molar-refractivity contribution in [3.63, 3.8) is 0 Å². The van der Waals surface area contributed by atoms with Gasteiger partial charge in [-0.1, -0.05) is 75.4 Å². The molecular formula is C29H29N3O3.